The molecule has 0 spiro atoms. The molecule has 0 radical (unpaired) electrons. The van der Waals surface area contributed by atoms with Crippen LogP contribution in [0.2, 0.25) is 0 Å². The average molecular weight is 519 g/mol. The molecule has 1 aliphatic rings. The topological polar surface area (TPSA) is 59.0 Å². The van der Waals surface area contributed by atoms with E-state index in [2.05, 4.69) is 4.99 Å². The summed E-state index contributed by atoms with van der Waals surface area (Å²) in [5, 5.41) is 0. The number of aryl methyl sites for hydroxylation is 1. The Morgan fingerprint density at radius 1 is 0.897 bits per heavy atom. The summed E-state index contributed by atoms with van der Waals surface area (Å²) >= 11 is 0. The van der Waals surface area contributed by atoms with Crippen LogP contribution >= 0.6 is 0 Å². The number of amidine groups is 1. The Kier molecular flexibility index (Phi) is 7.73. The minimum absolute atomic E-state index is 0.0541. The number of ether oxygens (including phenoxy) is 1. The van der Waals surface area contributed by atoms with Gasteiger partial charge in [0.1, 0.15) is 18.3 Å². The fourth-order valence-electron chi connectivity index (χ4n) is 4.56. The number of carbonyl (C=O) groups excluding carboxylic acids is 2. The van der Waals surface area contributed by atoms with E-state index in [1.807, 2.05) is 97.9 Å². The van der Waals surface area contributed by atoms with Gasteiger partial charge in [0.15, 0.2) is 0 Å². The molecule has 1 atom stereocenters. The Morgan fingerprint density at radius 2 is 1.54 bits per heavy atom. The molecule has 5 rings (SSSR count). The third kappa shape index (κ3) is 6.02. The van der Waals surface area contributed by atoms with Crippen LogP contribution in [-0.2, 0) is 11.3 Å². The second-order valence-corrected chi connectivity index (χ2v) is 9.34. The maximum atomic E-state index is 14.4. The first-order valence-corrected chi connectivity index (χ1v) is 12.7. The molecule has 1 fully saturated rings. The molecule has 0 N–H and O–H groups in total. The van der Waals surface area contributed by atoms with Crippen molar-refractivity contribution in [3.63, 3.8) is 0 Å². The lowest BCUT2D eigenvalue weighted by molar-refractivity contribution is 0.0997. The molecule has 0 saturated carbocycles. The summed E-state index contributed by atoms with van der Waals surface area (Å²) in [6.45, 7) is 2.06. The van der Waals surface area contributed by atoms with Crippen LogP contribution in [0.15, 0.2) is 120 Å². The fourth-order valence-corrected chi connectivity index (χ4v) is 4.56. The van der Waals surface area contributed by atoms with Crippen LogP contribution in [0.4, 0.5) is 9.18 Å². The number of allylic oxidation sites excluding steroid dienone is 1. The van der Waals surface area contributed by atoms with Gasteiger partial charge in [-0.2, -0.15) is 4.99 Å². The minimum Gasteiger partial charge on any atom is -0.444 e. The van der Waals surface area contributed by atoms with E-state index in [1.54, 1.807) is 6.07 Å². The second-order valence-electron chi connectivity index (χ2n) is 9.34. The van der Waals surface area contributed by atoms with E-state index in [0.29, 0.717) is 5.70 Å². The van der Waals surface area contributed by atoms with Gasteiger partial charge in [0.2, 0.25) is 0 Å². The molecule has 4 aromatic rings. The second kappa shape index (κ2) is 11.7. The molecular weight excluding hydrogens is 491 g/mol. The van der Waals surface area contributed by atoms with Gasteiger partial charge in [0.25, 0.3) is 5.91 Å². The van der Waals surface area contributed by atoms with Crippen LogP contribution in [-0.4, -0.2) is 22.7 Å². The third-order valence-electron chi connectivity index (χ3n) is 6.58. The van der Waals surface area contributed by atoms with Crippen LogP contribution in [0.3, 0.4) is 0 Å². The van der Waals surface area contributed by atoms with Crippen LogP contribution in [0.25, 0.3) is 6.08 Å². The van der Waals surface area contributed by atoms with Crippen LogP contribution in [0.1, 0.15) is 45.0 Å². The molecule has 0 aliphatic carbocycles. The molecule has 4 aromatic carbocycles. The van der Waals surface area contributed by atoms with Gasteiger partial charge in [-0.05, 0) is 41.8 Å². The maximum Gasteiger partial charge on any atom is 0.420 e. The number of halogens is 1. The van der Waals surface area contributed by atoms with Crippen molar-refractivity contribution in [2.75, 3.05) is 0 Å². The van der Waals surface area contributed by atoms with Crippen molar-refractivity contribution in [3.8, 4) is 0 Å². The van der Waals surface area contributed by atoms with Crippen LogP contribution in [0.5, 0.6) is 0 Å². The number of likely N-dealkylation sites (tertiary alicyclic amines) is 1. The first-order valence-electron chi connectivity index (χ1n) is 12.7. The summed E-state index contributed by atoms with van der Waals surface area (Å²) in [6.07, 6.45) is 1.52. The molecular formula is C33H27FN2O3. The Balaban J connectivity index is 1.59. The zero-order valence-electron chi connectivity index (χ0n) is 21.5. The van der Waals surface area contributed by atoms with Crippen LogP contribution in [0, 0.1) is 12.7 Å². The quantitative estimate of drug-likeness (QED) is 0.274. The molecule has 0 bridgehead atoms. The number of rotatable bonds is 5. The smallest absolute Gasteiger partial charge is 0.420 e. The number of carbonyl (C=O) groups is 2. The predicted octanol–water partition coefficient (Wildman–Crippen LogP) is 7.54. The van der Waals surface area contributed by atoms with Crippen molar-refractivity contribution >= 4 is 23.9 Å². The molecule has 194 valence electrons. The normalized spacial score (nSPS) is 17.0. The van der Waals surface area contributed by atoms with E-state index in [9.17, 15) is 14.0 Å². The number of aliphatic imine (C=N–C) groups is 1. The summed E-state index contributed by atoms with van der Waals surface area (Å²) in [4.78, 5) is 32.4. The fraction of sp³-hybridized carbons (Fsp3) is 0.121. The zero-order chi connectivity index (χ0) is 27.2. The minimum atomic E-state index is -0.757. The molecule has 0 aromatic heterocycles. The van der Waals surface area contributed by atoms with Gasteiger partial charge in [-0.25, -0.2) is 14.1 Å². The first kappa shape index (κ1) is 25.8. The molecule has 1 unspecified atom stereocenters. The summed E-state index contributed by atoms with van der Waals surface area (Å²) < 4.78 is 20.1. The summed E-state index contributed by atoms with van der Waals surface area (Å²) in [7, 11) is 0. The van der Waals surface area contributed by atoms with Crippen molar-refractivity contribution < 1.29 is 18.7 Å². The van der Waals surface area contributed by atoms with E-state index in [4.69, 9.17) is 4.74 Å². The van der Waals surface area contributed by atoms with Gasteiger partial charge in [0.05, 0.1) is 5.56 Å². The van der Waals surface area contributed by atoms with E-state index in [-0.39, 0.29) is 30.3 Å². The van der Waals surface area contributed by atoms with Crippen LogP contribution < -0.4 is 0 Å². The molecule has 39 heavy (non-hydrogen) atoms. The molecule has 6 heteroatoms. The molecule has 1 aliphatic heterocycles. The van der Waals surface area contributed by atoms with Crippen molar-refractivity contribution in [3.05, 3.63) is 149 Å². The third-order valence-corrected chi connectivity index (χ3v) is 6.58. The van der Waals surface area contributed by atoms with Gasteiger partial charge in [0, 0.05) is 18.0 Å². The molecule has 1 saturated heterocycles. The van der Waals surface area contributed by atoms with E-state index < -0.39 is 17.8 Å². The molecule has 5 nitrogen and oxygen atoms in total. The SMILES string of the molecule is Cc1ccc(C2CC(=NC(=O)c3ccccc3F)N(C(=O)OCc3ccccc3)/C2=C\c2ccccc2)cc1. The lowest BCUT2D eigenvalue weighted by atomic mass is 9.93. The summed E-state index contributed by atoms with van der Waals surface area (Å²) in [5.74, 6) is -1.50. The Bertz CT molecular complexity index is 1530. The van der Waals surface area contributed by atoms with Crippen molar-refractivity contribution in [1.82, 2.24) is 4.90 Å². The summed E-state index contributed by atoms with van der Waals surface area (Å²) in [5.41, 5.74) is 4.25. The number of hydrogen-bond donors (Lipinski definition) is 0. The molecule has 2 amide bonds. The van der Waals surface area contributed by atoms with Crippen molar-refractivity contribution in [1.29, 1.82) is 0 Å². The Labute approximate surface area is 226 Å². The van der Waals surface area contributed by atoms with Crippen molar-refractivity contribution in [2.45, 2.75) is 25.9 Å². The summed E-state index contributed by atoms with van der Waals surface area (Å²) in [6, 6.07) is 32.7. The molecule has 1 heterocycles. The number of nitrogens with zero attached hydrogens (tertiary/aromatic N) is 2. The predicted molar refractivity (Wildman–Crippen MR) is 150 cm³/mol. The van der Waals surface area contributed by atoms with Gasteiger partial charge in [-0.3, -0.25) is 4.79 Å². The van der Waals surface area contributed by atoms with E-state index in [0.717, 1.165) is 22.3 Å². The number of amides is 2. The van der Waals surface area contributed by atoms with Crippen molar-refractivity contribution in [2.24, 2.45) is 4.99 Å². The Hall–Kier alpha value is -4.84. The zero-order valence-corrected chi connectivity index (χ0v) is 21.5. The average Bonchev–Trinajstić information content (AvgIpc) is 3.30. The lowest BCUT2D eigenvalue weighted by Crippen LogP contribution is -2.32. The standard InChI is InChI=1S/C33H27FN2O3/c1-23-16-18-26(19-17-23)28-21-31(35-32(37)27-14-8-9-15-29(27)34)36(30(28)20-24-10-4-2-5-11-24)33(38)39-22-25-12-6-3-7-13-25/h2-20,28H,21-22H2,1H3/b30-20-,35-31?. The van der Waals surface area contributed by atoms with Gasteiger partial charge in [-0.15, -0.1) is 0 Å². The number of hydrogen-bond acceptors (Lipinski definition) is 3. The van der Waals surface area contributed by atoms with Gasteiger partial charge >= 0.3 is 6.09 Å². The maximum absolute atomic E-state index is 14.4. The lowest BCUT2D eigenvalue weighted by Gasteiger charge is -2.21. The largest absolute Gasteiger partial charge is 0.444 e. The van der Waals surface area contributed by atoms with E-state index in [1.165, 1.54) is 23.1 Å². The van der Waals surface area contributed by atoms with E-state index >= 15 is 0 Å². The monoisotopic (exact) mass is 518 g/mol. The van der Waals surface area contributed by atoms with Gasteiger partial charge < -0.3 is 4.74 Å². The van der Waals surface area contributed by atoms with Gasteiger partial charge in [-0.1, -0.05) is 103 Å². The first-order chi connectivity index (χ1) is 19.0. The Morgan fingerprint density at radius 3 is 2.23 bits per heavy atom. The highest BCUT2D eigenvalue weighted by molar-refractivity contribution is 6.10. The highest BCUT2D eigenvalue weighted by atomic mass is 19.1. The number of benzene rings is 4. The highest BCUT2D eigenvalue weighted by Gasteiger charge is 2.40. The highest BCUT2D eigenvalue weighted by Crippen LogP contribution is 2.40.